The number of carbonyl (C=O) groups is 1. The minimum atomic E-state index is -0.216. The van der Waals surface area contributed by atoms with Gasteiger partial charge >= 0.3 is 0 Å². The Balaban J connectivity index is 1.91. The molecule has 0 saturated carbocycles. The van der Waals surface area contributed by atoms with Crippen LogP contribution in [-0.4, -0.2) is 26.2 Å². The highest BCUT2D eigenvalue weighted by Crippen LogP contribution is 2.18. The summed E-state index contributed by atoms with van der Waals surface area (Å²) in [4.78, 5) is 12.1. The van der Waals surface area contributed by atoms with Crippen molar-refractivity contribution in [2.45, 2.75) is 6.42 Å². The van der Waals surface area contributed by atoms with Crippen LogP contribution in [0.25, 0.3) is 0 Å². The van der Waals surface area contributed by atoms with Gasteiger partial charge in [-0.05, 0) is 42.8 Å². The molecule has 0 atom stereocenters. The molecule has 0 aliphatic rings. The molecule has 2 N–H and O–H groups in total. The maximum Gasteiger partial charge on any atom is 0.257 e. The van der Waals surface area contributed by atoms with Crippen molar-refractivity contribution in [1.82, 2.24) is 0 Å². The monoisotopic (exact) mass is 318 g/mol. The van der Waals surface area contributed by atoms with Crippen LogP contribution in [0, 0.1) is 0 Å². The fourth-order valence-electron chi connectivity index (χ4n) is 1.96. The molecule has 0 bridgehead atoms. The summed E-state index contributed by atoms with van der Waals surface area (Å²) in [5.74, 6) is -0.216. The fraction of sp³-hybridized carbons (Fsp3) is 0.235. The third-order valence-electron chi connectivity index (χ3n) is 3.12. The SMILES string of the molecule is COCCCNc1ccc(NC(=O)c2ccccc2Cl)cc1. The molecule has 1 amide bonds. The molecular formula is C17H19ClN2O2. The second kappa shape index (κ2) is 8.41. The van der Waals surface area contributed by atoms with Crippen LogP contribution in [0.15, 0.2) is 48.5 Å². The molecule has 2 aromatic carbocycles. The maximum absolute atomic E-state index is 12.1. The summed E-state index contributed by atoms with van der Waals surface area (Å²) in [6.07, 6.45) is 0.946. The number of methoxy groups -OCH3 is 1. The lowest BCUT2D eigenvalue weighted by molar-refractivity contribution is 0.102. The van der Waals surface area contributed by atoms with Crippen molar-refractivity contribution in [1.29, 1.82) is 0 Å². The summed E-state index contributed by atoms with van der Waals surface area (Å²) >= 11 is 6.01. The van der Waals surface area contributed by atoms with E-state index >= 15 is 0 Å². The number of amides is 1. The molecule has 22 heavy (non-hydrogen) atoms. The number of hydrogen-bond acceptors (Lipinski definition) is 3. The first-order chi connectivity index (χ1) is 10.7. The number of carbonyl (C=O) groups excluding carboxylic acids is 1. The second-order valence-corrected chi connectivity index (χ2v) is 5.19. The zero-order valence-electron chi connectivity index (χ0n) is 12.4. The third-order valence-corrected chi connectivity index (χ3v) is 3.45. The first-order valence-corrected chi connectivity index (χ1v) is 7.47. The minimum Gasteiger partial charge on any atom is -0.385 e. The number of halogens is 1. The highest BCUT2D eigenvalue weighted by molar-refractivity contribution is 6.34. The second-order valence-electron chi connectivity index (χ2n) is 4.78. The fourth-order valence-corrected chi connectivity index (χ4v) is 2.19. The lowest BCUT2D eigenvalue weighted by atomic mass is 10.2. The molecule has 5 heteroatoms. The van der Waals surface area contributed by atoms with Crippen LogP contribution in [0.1, 0.15) is 16.8 Å². The van der Waals surface area contributed by atoms with E-state index in [4.69, 9.17) is 16.3 Å². The Morgan fingerprint density at radius 1 is 1.09 bits per heavy atom. The molecule has 0 aliphatic heterocycles. The summed E-state index contributed by atoms with van der Waals surface area (Å²) in [6.45, 7) is 1.58. The van der Waals surface area contributed by atoms with Crippen LogP contribution < -0.4 is 10.6 Å². The van der Waals surface area contributed by atoms with Gasteiger partial charge < -0.3 is 15.4 Å². The molecule has 2 aromatic rings. The summed E-state index contributed by atoms with van der Waals surface area (Å²) in [6, 6.07) is 14.5. The summed E-state index contributed by atoms with van der Waals surface area (Å²) in [5, 5.41) is 6.56. The van der Waals surface area contributed by atoms with Gasteiger partial charge in [0, 0.05) is 31.6 Å². The quantitative estimate of drug-likeness (QED) is 0.757. The van der Waals surface area contributed by atoms with Crippen molar-refractivity contribution in [3.8, 4) is 0 Å². The topological polar surface area (TPSA) is 50.4 Å². The van der Waals surface area contributed by atoms with Crippen molar-refractivity contribution in [2.75, 3.05) is 30.9 Å². The molecule has 4 nitrogen and oxygen atoms in total. The Hall–Kier alpha value is -2.04. The lowest BCUT2D eigenvalue weighted by Crippen LogP contribution is -2.12. The molecule has 0 aromatic heterocycles. The Morgan fingerprint density at radius 2 is 1.77 bits per heavy atom. The summed E-state index contributed by atoms with van der Waals surface area (Å²) in [7, 11) is 1.69. The van der Waals surface area contributed by atoms with Crippen LogP contribution in [0.5, 0.6) is 0 Å². The normalized spacial score (nSPS) is 10.3. The van der Waals surface area contributed by atoms with Crippen molar-refractivity contribution in [2.24, 2.45) is 0 Å². The zero-order chi connectivity index (χ0) is 15.8. The summed E-state index contributed by atoms with van der Waals surface area (Å²) in [5.41, 5.74) is 2.20. The molecule has 0 fully saturated rings. The Morgan fingerprint density at radius 3 is 2.45 bits per heavy atom. The molecule has 0 saturated heterocycles. The van der Waals surface area contributed by atoms with E-state index in [-0.39, 0.29) is 5.91 Å². The average Bonchev–Trinajstić information content (AvgIpc) is 2.53. The smallest absolute Gasteiger partial charge is 0.257 e. The van der Waals surface area contributed by atoms with E-state index in [1.54, 1.807) is 31.4 Å². The molecule has 0 spiro atoms. The van der Waals surface area contributed by atoms with Crippen molar-refractivity contribution in [3.63, 3.8) is 0 Å². The zero-order valence-corrected chi connectivity index (χ0v) is 13.2. The molecule has 2 rings (SSSR count). The van der Waals surface area contributed by atoms with E-state index in [0.29, 0.717) is 10.6 Å². The van der Waals surface area contributed by atoms with Gasteiger partial charge in [0.15, 0.2) is 0 Å². The number of anilines is 2. The van der Waals surface area contributed by atoms with Gasteiger partial charge in [-0.1, -0.05) is 23.7 Å². The van der Waals surface area contributed by atoms with Gasteiger partial charge in [0.2, 0.25) is 0 Å². The van der Waals surface area contributed by atoms with Crippen molar-refractivity contribution < 1.29 is 9.53 Å². The van der Waals surface area contributed by atoms with Crippen LogP contribution in [0.4, 0.5) is 11.4 Å². The highest BCUT2D eigenvalue weighted by Gasteiger charge is 2.09. The molecule has 0 aliphatic carbocycles. The average molecular weight is 319 g/mol. The molecule has 116 valence electrons. The Bertz CT molecular complexity index is 614. The van der Waals surface area contributed by atoms with Crippen LogP contribution in [0.2, 0.25) is 5.02 Å². The molecule has 0 heterocycles. The predicted octanol–water partition coefficient (Wildman–Crippen LogP) is 4.04. The van der Waals surface area contributed by atoms with Gasteiger partial charge in [-0.3, -0.25) is 4.79 Å². The Labute approximate surface area is 135 Å². The number of nitrogens with one attached hydrogen (secondary N) is 2. The van der Waals surface area contributed by atoms with Crippen LogP contribution in [0.3, 0.4) is 0 Å². The first-order valence-electron chi connectivity index (χ1n) is 7.09. The third kappa shape index (κ3) is 4.76. The largest absolute Gasteiger partial charge is 0.385 e. The van der Waals surface area contributed by atoms with Gasteiger partial charge in [-0.15, -0.1) is 0 Å². The maximum atomic E-state index is 12.1. The van der Waals surface area contributed by atoms with E-state index in [1.807, 2.05) is 24.3 Å². The van der Waals surface area contributed by atoms with Crippen LogP contribution in [-0.2, 0) is 4.74 Å². The van der Waals surface area contributed by atoms with Gasteiger partial charge in [0.1, 0.15) is 0 Å². The van der Waals surface area contributed by atoms with E-state index in [0.717, 1.165) is 30.9 Å². The lowest BCUT2D eigenvalue weighted by Gasteiger charge is -2.09. The van der Waals surface area contributed by atoms with E-state index in [9.17, 15) is 4.79 Å². The number of ether oxygens (including phenoxy) is 1. The van der Waals surface area contributed by atoms with Crippen molar-refractivity contribution in [3.05, 3.63) is 59.1 Å². The first kappa shape index (κ1) is 16.3. The van der Waals surface area contributed by atoms with Crippen molar-refractivity contribution >= 4 is 28.9 Å². The van der Waals surface area contributed by atoms with Gasteiger partial charge in [-0.2, -0.15) is 0 Å². The van der Waals surface area contributed by atoms with Gasteiger partial charge in [0.05, 0.1) is 10.6 Å². The molecule has 0 radical (unpaired) electrons. The van der Waals surface area contributed by atoms with Gasteiger partial charge in [-0.25, -0.2) is 0 Å². The highest BCUT2D eigenvalue weighted by atomic mass is 35.5. The molecular weight excluding hydrogens is 300 g/mol. The van der Waals surface area contributed by atoms with Gasteiger partial charge in [0.25, 0.3) is 5.91 Å². The minimum absolute atomic E-state index is 0.216. The number of benzene rings is 2. The molecule has 0 unspecified atom stereocenters. The van der Waals surface area contributed by atoms with Crippen LogP contribution >= 0.6 is 11.6 Å². The Kier molecular flexibility index (Phi) is 6.25. The van der Waals surface area contributed by atoms with E-state index < -0.39 is 0 Å². The predicted molar refractivity (Wildman–Crippen MR) is 90.8 cm³/mol. The number of rotatable bonds is 7. The standard InChI is InChI=1S/C17H19ClN2O2/c1-22-12-4-11-19-13-7-9-14(10-8-13)20-17(21)15-5-2-3-6-16(15)18/h2-3,5-10,19H,4,11-12H2,1H3,(H,20,21). The number of hydrogen-bond donors (Lipinski definition) is 2. The van der Waals surface area contributed by atoms with E-state index in [1.165, 1.54) is 0 Å². The van der Waals surface area contributed by atoms with E-state index in [2.05, 4.69) is 10.6 Å². The summed E-state index contributed by atoms with van der Waals surface area (Å²) < 4.78 is 5.00.